The van der Waals surface area contributed by atoms with Gasteiger partial charge in [0.15, 0.2) is 10.9 Å². The molecule has 8 nitrogen and oxygen atoms in total. The van der Waals surface area contributed by atoms with Gasteiger partial charge in [-0.3, -0.25) is 14.6 Å². The third kappa shape index (κ3) is 5.12. The molecular weight excluding hydrogens is 430 g/mol. The molecule has 0 bridgehead atoms. The Morgan fingerprint density at radius 1 is 1.22 bits per heavy atom. The molecule has 32 heavy (non-hydrogen) atoms. The molecule has 1 aromatic carbocycles. The van der Waals surface area contributed by atoms with Crippen LogP contribution in [0.4, 0.5) is 5.13 Å². The summed E-state index contributed by atoms with van der Waals surface area (Å²) in [4.78, 5) is 22.0. The van der Waals surface area contributed by atoms with Crippen LogP contribution in [0, 0.1) is 0 Å². The van der Waals surface area contributed by atoms with E-state index < -0.39 is 0 Å². The number of amides is 1. The van der Waals surface area contributed by atoms with Gasteiger partial charge in [0, 0.05) is 37.1 Å². The van der Waals surface area contributed by atoms with Gasteiger partial charge in [0.05, 0.1) is 39.4 Å². The summed E-state index contributed by atoms with van der Waals surface area (Å²) in [5, 5.41) is 2.55. The fourth-order valence-corrected chi connectivity index (χ4v) is 4.47. The van der Waals surface area contributed by atoms with E-state index in [0.717, 1.165) is 50.5 Å². The van der Waals surface area contributed by atoms with Crippen LogP contribution in [0.15, 0.2) is 46.4 Å². The van der Waals surface area contributed by atoms with Crippen LogP contribution in [-0.2, 0) is 4.74 Å². The molecule has 1 aliphatic heterocycles. The number of aromatic nitrogens is 1. The number of carbonyl (C=O) groups excluding carboxylic acids is 1. The summed E-state index contributed by atoms with van der Waals surface area (Å²) in [5.74, 6) is 1.51. The molecule has 0 atom stereocenters. The summed E-state index contributed by atoms with van der Waals surface area (Å²) < 4.78 is 21.7. The van der Waals surface area contributed by atoms with Crippen LogP contribution in [0.3, 0.4) is 0 Å². The number of hydrogen-bond donors (Lipinski definition) is 0. The number of benzene rings is 1. The molecule has 1 fully saturated rings. The predicted molar refractivity (Wildman–Crippen MR) is 123 cm³/mol. The van der Waals surface area contributed by atoms with Crippen LogP contribution >= 0.6 is 11.3 Å². The third-order valence-electron chi connectivity index (χ3n) is 5.34. The highest BCUT2D eigenvalue weighted by atomic mass is 32.1. The Bertz CT molecular complexity index is 1010. The minimum atomic E-state index is -0.199. The van der Waals surface area contributed by atoms with E-state index in [0.29, 0.717) is 28.9 Å². The van der Waals surface area contributed by atoms with Gasteiger partial charge in [-0.15, -0.1) is 11.3 Å². The minimum absolute atomic E-state index is 0.199. The Morgan fingerprint density at radius 2 is 2.06 bits per heavy atom. The molecule has 1 aliphatic rings. The Kier molecular flexibility index (Phi) is 7.41. The van der Waals surface area contributed by atoms with Crippen molar-refractivity contribution in [3.05, 3.63) is 47.7 Å². The summed E-state index contributed by atoms with van der Waals surface area (Å²) >= 11 is 1.42. The van der Waals surface area contributed by atoms with Crippen molar-refractivity contribution in [2.75, 3.05) is 58.5 Å². The SMILES string of the molecule is COc1ccc(OC)c(-c2csc(N(CCCN3CCOCC3)C(=O)c3ccco3)n2)c1. The molecule has 0 radical (unpaired) electrons. The highest BCUT2D eigenvalue weighted by molar-refractivity contribution is 7.14. The molecule has 0 saturated carbocycles. The van der Waals surface area contributed by atoms with Crippen molar-refractivity contribution in [1.29, 1.82) is 0 Å². The van der Waals surface area contributed by atoms with E-state index in [-0.39, 0.29) is 5.91 Å². The molecule has 0 aliphatic carbocycles. The largest absolute Gasteiger partial charge is 0.497 e. The maximum atomic E-state index is 13.2. The van der Waals surface area contributed by atoms with Crippen LogP contribution in [0.2, 0.25) is 0 Å². The maximum Gasteiger partial charge on any atom is 0.295 e. The highest BCUT2D eigenvalue weighted by Crippen LogP contribution is 2.36. The van der Waals surface area contributed by atoms with E-state index in [1.54, 1.807) is 31.3 Å². The van der Waals surface area contributed by atoms with Gasteiger partial charge >= 0.3 is 0 Å². The molecule has 3 aromatic rings. The molecule has 2 aromatic heterocycles. The fourth-order valence-electron chi connectivity index (χ4n) is 3.62. The van der Waals surface area contributed by atoms with Crippen molar-refractivity contribution < 1.29 is 23.4 Å². The van der Waals surface area contributed by atoms with Crippen LogP contribution in [0.25, 0.3) is 11.3 Å². The number of carbonyl (C=O) groups is 1. The first-order chi connectivity index (χ1) is 15.7. The number of hydrogen-bond acceptors (Lipinski definition) is 8. The lowest BCUT2D eigenvalue weighted by Gasteiger charge is -2.27. The molecule has 4 rings (SSSR count). The van der Waals surface area contributed by atoms with Crippen molar-refractivity contribution in [3.63, 3.8) is 0 Å². The van der Waals surface area contributed by atoms with E-state index in [2.05, 4.69) is 4.90 Å². The average molecular weight is 458 g/mol. The molecule has 0 N–H and O–H groups in total. The second-order valence-electron chi connectivity index (χ2n) is 7.32. The van der Waals surface area contributed by atoms with E-state index in [1.165, 1.54) is 17.6 Å². The third-order valence-corrected chi connectivity index (χ3v) is 6.21. The smallest absolute Gasteiger partial charge is 0.295 e. The number of nitrogens with zero attached hydrogens (tertiary/aromatic N) is 3. The summed E-state index contributed by atoms with van der Waals surface area (Å²) in [7, 11) is 3.24. The lowest BCUT2D eigenvalue weighted by atomic mass is 10.1. The number of anilines is 1. The first-order valence-electron chi connectivity index (χ1n) is 10.5. The topological polar surface area (TPSA) is 77.3 Å². The van der Waals surface area contributed by atoms with Crippen LogP contribution in [0.1, 0.15) is 17.0 Å². The second-order valence-corrected chi connectivity index (χ2v) is 8.16. The van der Waals surface area contributed by atoms with Crippen LogP contribution in [0.5, 0.6) is 11.5 Å². The normalized spacial score (nSPS) is 14.3. The average Bonchev–Trinajstić information content (AvgIpc) is 3.54. The van der Waals surface area contributed by atoms with Crippen molar-refractivity contribution in [2.24, 2.45) is 0 Å². The van der Waals surface area contributed by atoms with E-state index in [4.69, 9.17) is 23.6 Å². The van der Waals surface area contributed by atoms with Gasteiger partial charge in [0.1, 0.15) is 11.5 Å². The number of morpholine rings is 1. The van der Waals surface area contributed by atoms with Gasteiger partial charge in [-0.25, -0.2) is 4.98 Å². The first-order valence-corrected chi connectivity index (χ1v) is 11.4. The molecule has 0 unspecified atom stereocenters. The standard InChI is InChI=1S/C23H27N3O5S/c1-28-17-6-7-20(29-2)18(15-17)19-16-32-23(24-19)26(22(27)21-5-3-12-31-21)9-4-8-25-10-13-30-14-11-25/h3,5-7,12,15-16H,4,8-11,13-14H2,1-2H3. The summed E-state index contributed by atoms with van der Waals surface area (Å²) in [6.45, 7) is 4.79. The Hall–Kier alpha value is -2.88. The molecule has 1 saturated heterocycles. The lowest BCUT2D eigenvalue weighted by molar-refractivity contribution is 0.0376. The first kappa shape index (κ1) is 22.3. The zero-order chi connectivity index (χ0) is 22.3. The molecule has 3 heterocycles. The number of furan rings is 1. The Morgan fingerprint density at radius 3 is 2.78 bits per heavy atom. The maximum absolute atomic E-state index is 13.2. The zero-order valence-corrected chi connectivity index (χ0v) is 19.1. The summed E-state index contributed by atoms with van der Waals surface area (Å²) in [5.41, 5.74) is 1.54. The minimum Gasteiger partial charge on any atom is -0.497 e. The molecule has 9 heteroatoms. The van der Waals surface area contributed by atoms with Gasteiger partial charge < -0.3 is 18.6 Å². The van der Waals surface area contributed by atoms with Crippen molar-refractivity contribution in [1.82, 2.24) is 9.88 Å². The van der Waals surface area contributed by atoms with Gasteiger partial charge in [0.25, 0.3) is 5.91 Å². The van der Waals surface area contributed by atoms with Crippen LogP contribution in [-0.4, -0.2) is 69.4 Å². The van der Waals surface area contributed by atoms with E-state index >= 15 is 0 Å². The monoisotopic (exact) mass is 457 g/mol. The quantitative estimate of drug-likeness (QED) is 0.484. The molecular formula is C23H27N3O5S. The van der Waals surface area contributed by atoms with Gasteiger partial charge in [-0.05, 0) is 36.8 Å². The van der Waals surface area contributed by atoms with E-state index in [9.17, 15) is 4.79 Å². The van der Waals surface area contributed by atoms with Gasteiger partial charge in [0.2, 0.25) is 0 Å². The number of thiazole rings is 1. The zero-order valence-electron chi connectivity index (χ0n) is 18.3. The second kappa shape index (κ2) is 10.6. The number of ether oxygens (including phenoxy) is 3. The Labute approximate surface area is 191 Å². The van der Waals surface area contributed by atoms with Crippen molar-refractivity contribution >= 4 is 22.4 Å². The number of rotatable bonds is 9. The molecule has 1 amide bonds. The van der Waals surface area contributed by atoms with Crippen molar-refractivity contribution in [3.8, 4) is 22.8 Å². The fraction of sp³-hybridized carbons (Fsp3) is 0.391. The van der Waals surface area contributed by atoms with Crippen LogP contribution < -0.4 is 14.4 Å². The molecule has 0 spiro atoms. The summed E-state index contributed by atoms with van der Waals surface area (Å²) in [6, 6.07) is 8.97. The highest BCUT2D eigenvalue weighted by Gasteiger charge is 2.24. The summed E-state index contributed by atoms with van der Waals surface area (Å²) in [6.07, 6.45) is 2.33. The Balaban J connectivity index is 1.56. The predicted octanol–water partition coefficient (Wildman–Crippen LogP) is 3.79. The van der Waals surface area contributed by atoms with Gasteiger partial charge in [-0.2, -0.15) is 0 Å². The van der Waals surface area contributed by atoms with Crippen molar-refractivity contribution in [2.45, 2.75) is 6.42 Å². The number of methoxy groups -OCH3 is 2. The van der Waals surface area contributed by atoms with Gasteiger partial charge in [-0.1, -0.05) is 0 Å². The molecule has 170 valence electrons. The van der Waals surface area contributed by atoms with E-state index in [1.807, 2.05) is 23.6 Å². The lowest BCUT2D eigenvalue weighted by Crippen LogP contribution is -2.39.